The van der Waals surface area contributed by atoms with Gasteiger partial charge in [-0.05, 0) is 36.8 Å². The lowest BCUT2D eigenvalue weighted by Gasteiger charge is -2.30. The van der Waals surface area contributed by atoms with Gasteiger partial charge in [0.25, 0.3) is 0 Å². The van der Waals surface area contributed by atoms with Gasteiger partial charge in [0.1, 0.15) is 12.4 Å². The number of nitrogens with one attached hydrogen (secondary N) is 1. The first-order chi connectivity index (χ1) is 10.2. The molecule has 0 bridgehead atoms. The van der Waals surface area contributed by atoms with E-state index < -0.39 is 6.04 Å². The lowest BCUT2D eigenvalue weighted by molar-refractivity contribution is -0.125. The van der Waals surface area contributed by atoms with Crippen LogP contribution in [-0.2, 0) is 16.0 Å². The molecule has 3 N–H and O–H groups in total. The molecule has 2 aliphatic heterocycles. The molecule has 0 aliphatic carbocycles. The predicted molar refractivity (Wildman–Crippen MR) is 86.3 cm³/mol. The standard InChI is InChI=1S/C16H22N2O3.ClH/c17-15(11-5-7-20-8-6-11)16(19)18-13-9-12-3-1-2-4-14(12)21-10-13;/h1-4,11,13,15H,5-10,17H2,(H,18,19);1H. The lowest BCUT2D eigenvalue weighted by Crippen LogP contribution is -2.52. The first kappa shape index (κ1) is 17.1. The summed E-state index contributed by atoms with van der Waals surface area (Å²) in [6, 6.07) is 7.48. The number of benzene rings is 1. The minimum Gasteiger partial charge on any atom is -0.491 e. The molecule has 6 heteroatoms. The molecule has 122 valence electrons. The van der Waals surface area contributed by atoms with Gasteiger partial charge in [0.05, 0.1) is 12.1 Å². The Labute approximate surface area is 137 Å². The van der Waals surface area contributed by atoms with Crippen molar-refractivity contribution in [3.63, 3.8) is 0 Å². The maximum absolute atomic E-state index is 12.3. The number of hydrogen-bond donors (Lipinski definition) is 2. The van der Waals surface area contributed by atoms with E-state index in [0.29, 0.717) is 19.8 Å². The van der Waals surface area contributed by atoms with E-state index in [1.54, 1.807) is 0 Å². The van der Waals surface area contributed by atoms with Crippen molar-refractivity contribution in [1.29, 1.82) is 0 Å². The van der Waals surface area contributed by atoms with Gasteiger partial charge in [-0.2, -0.15) is 0 Å². The number of fused-ring (bicyclic) bond motifs is 1. The Balaban J connectivity index is 0.00000176. The number of rotatable bonds is 3. The summed E-state index contributed by atoms with van der Waals surface area (Å²) in [4.78, 5) is 12.3. The highest BCUT2D eigenvalue weighted by Crippen LogP contribution is 2.24. The molecule has 1 saturated heterocycles. The van der Waals surface area contributed by atoms with E-state index in [1.807, 2.05) is 24.3 Å². The van der Waals surface area contributed by atoms with Crippen LogP contribution < -0.4 is 15.8 Å². The summed E-state index contributed by atoms with van der Waals surface area (Å²) in [6.45, 7) is 1.90. The summed E-state index contributed by atoms with van der Waals surface area (Å²) in [5.41, 5.74) is 7.23. The largest absolute Gasteiger partial charge is 0.491 e. The molecule has 1 aromatic carbocycles. The zero-order valence-corrected chi connectivity index (χ0v) is 13.3. The highest BCUT2D eigenvalue weighted by molar-refractivity contribution is 5.85. The van der Waals surface area contributed by atoms with Crippen LogP contribution in [-0.4, -0.2) is 37.8 Å². The fourth-order valence-corrected chi connectivity index (χ4v) is 3.01. The van der Waals surface area contributed by atoms with Crippen LogP contribution in [0.5, 0.6) is 5.75 Å². The molecule has 0 spiro atoms. The van der Waals surface area contributed by atoms with Gasteiger partial charge in [0, 0.05) is 13.2 Å². The lowest BCUT2D eigenvalue weighted by atomic mass is 9.91. The third-order valence-electron chi connectivity index (χ3n) is 4.30. The van der Waals surface area contributed by atoms with Crippen molar-refractivity contribution < 1.29 is 14.3 Å². The molecular formula is C16H23ClN2O3. The monoisotopic (exact) mass is 326 g/mol. The summed E-state index contributed by atoms with van der Waals surface area (Å²) in [5, 5.41) is 3.03. The number of hydrogen-bond acceptors (Lipinski definition) is 4. The normalized spacial score (nSPS) is 22.7. The van der Waals surface area contributed by atoms with Crippen molar-refractivity contribution >= 4 is 18.3 Å². The van der Waals surface area contributed by atoms with E-state index in [4.69, 9.17) is 15.2 Å². The van der Waals surface area contributed by atoms with Gasteiger partial charge in [-0.15, -0.1) is 12.4 Å². The third-order valence-corrected chi connectivity index (χ3v) is 4.30. The maximum Gasteiger partial charge on any atom is 0.237 e. The van der Waals surface area contributed by atoms with Crippen LogP contribution in [0.25, 0.3) is 0 Å². The van der Waals surface area contributed by atoms with Crippen molar-refractivity contribution in [2.75, 3.05) is 19.8 Å². The molecule has 0 aromatic heterocycles. The molecule has 5 nitrogen and oxygen atoms in total. The Bertz CT molecular complexity index is 506. The fourth-order valence-electron chi connectivity index (χ4n) is 3.01. The number of amides is 1. The van der Waals surface area contributed by atoms with E-state index in [9.17, 15) is 4.79 Å². The van der Waals surface area contributed by atoms with E-state index in [1.165, 1.54) is 0 Å². The van der Waals surface area contributed by atoms with Gasteiger partial charge >= 0.3 is 0 Å². The molecular weight excluding hydrogens is 304 g/mol. The summed E-state index contributed by atoms with van der Waals surface area (Å²) in [6.07, 6.45) is 2.51. The van der Waals surface area contributed by atoms with Crippen molar-refractivity contribution in [2.45, 2.75) is 31.3 Å². The number of carbonyl (C=O) groups excluding carboxylic acids is 1. The molecule has 0 saturated carbocycles. The molecule has 22 heavy (non-hydrogen) atoms. The van der Waals surface area contributed by atoms with Crippen LogP contribution in [0.4, 0.5) is 0 Å². The molecule has 0 radical (unpaired) electrons. The van der Waals surface area contributed by atoms with Gasteiger partial charge in [-0.1, -0.05) is 18.2 Å². The summed E-state index contributed by atoms with van der Waals surface area (Å²) in [7, 11) is 0. The topological polar surface area (TPSA) is 73.6 Å². The van der Waals surface area contributed by atoms with Gasteiger partial charge in [-0.25, -0.2) is 0 Å². The number of ether oxygens (including phenoxy) is 2. The number of halogens is 1. The molecule has 1 amide bonds. The van der Waals surface area contributed by atoms with Crippen molar-refractivity contribution in [3.8, 4) is 5.75 Å². The zero-order valence-electron chi connectivity index (χ0n) is 12.5. The first-order valence-electron chi connectivity index (χ1n) is 7.58. The van der Waals surface area contributed by atoms with Crippen LogP contribution >= 0.6 is 12.4 Å². The number of para-hydroxylation sites is 1. The minimum atomic E-state index is -0.453. The van der Waals surface area contributed by atoms with Crippen LogP contribution in [0.3, 0.4) is 0 Å². The quantitative estimate of drug-likeness (QED) is 0.877. The average molecular weight is 327 g/mol. The number of carbonyl (C=O) groups is 1. The summed E-state index contributed by atoms with van der Waals surface area (Å²) < 4.78 is 11.0. The fraction of sp³-hybridized carbons (Fsp3) is 0.562. The van der Waals surface area contributed by atoms with E-state index >= 15 is 0 Å². The molecule has 2 heterocycles. The minimum absolute atomic E-state index is 0. The zero-order chi connectivity index (χ0) is 14.7. The summed E-state index contributed by atoms with van der Waals surface area (Å²) in [5.74, 6) is 1.06. The Hall–Kier alpha value is -1.30. The van der Waals surface area contributed by atoms with Crippen molar-refractivity contribution in [3.05, 3.63) is 29.8 Å². The Morgan fingerprint density at radius 1 is 1.27 bits per heavy atom. The van der Waals surface area contributed by atoms with E-state index in [0.717, 1.165) is 30.6 Å². The second-order valence-corrected chi connectivity index (χ2v) is 5.80. The molecule has 1 fully saturated rings. The third kappa shape index (κ3) is 3.91. The van der Waals surface area contributed by atoms with Crippen LogP contribution in [0.15, 0.2) is 24.3 Å². The Kier molecular flexibility index (Phi) is 6.06. The van der Waals surface area contributed by atoms with E-state index in [-0.39, 0.29) is 30.3 Å². The van der Waals surface area contributed by atoms with Gasteiger partial charge in [0.15, 0.2) is 0 Å². The van der Waals surface area contributed by atoms with Gasteiger partial charge in [0.2, 0.25) is 5.91 Å². The predicted octanol–water partition coefficient (Wildman–Crippen LogP) is 1.28. The smallest absolute Gasteiger partial charge is 0.237 e. The van der Waals surface area contributed by atoms with Crippen LogP contribution in [0.1, 0.15) is 18.4 Å². The Morgan fingerprint density at radius 2 is 2.00 bits per heavy atom. The number of nitrogens with two attached hydrogens (primary N) is 1. The van der Waals surface area contributed by atoms with Gasteiger partial charge < -0.3 is 20.5 Å². The van der Waals surface area contributed by atoms with E-state index in [2.05, 4.69) is 5.32 Å². The maximum atomic E-state index is 12.3. The molecule has 1 aromatic rings. The molecule has 2 aliphatic rings. The highest BCUT2D eigenvalue weighted by Gasteiger charge is 2.29. The average Bonchev–Trinajstić information content (AvgIpc) is 2.55. The molecule has 3 rings (SSSR count). The van der Waals surface area contributed by atoms with Crippen LogP contribution in [0.2, 0.25) is 0 Å². The molecule has 2 atom stereocenters. The SMILES string of the molecule is Cl.NC(C(=O)NC1COc2ccccc2C1)C1CCOCC1. The second-order valence-electron chi connectivity index (χ2n) is 5.80. The molecule has 2 unspecified atom stereocenters. The second kappa shape index (κ2) is 7.81. The van der Waals surface area contributed by atoms with Crippen molar-refractivity contribution in [1.82, 2.24) is 5.32 Å². The Morgan fingerprint density at radius 3 is 2.77 bits per heavy atom. The van der Waals surface area contributed by atoms with Gasteiger partial charge in [-0.3, -0.25) is 4.79 Å². The first-order valence-corrected chi connectivity index (χ1v) is 7.58. The summed E-state index contributed by atoms with van der Waals surface area (Å²) >= 11 is 0. The highest BCUT2D eigenvalue weighted by atomic mass is 35.5. The van der Waals surface area contributed by atoms with Crippen molar-refractivity contribution in [2.24, 2.45) is 11.7 Å². The van der Waals surface area contributed by atoms with Crippen LogP contribution in [0, 0.1) is 5.92 Å².